The Hall–Kier alpha value is -2.47. The fourth-order valence-electron chi connectivity index (χ4n) is 2.63. The molecule has 0 radical (unpaired) electrons. The number of benzene rings is 2. The molecule has 0 fully saturated rings. The topological polar surface area (TPSA) is 64.0 Å². The number of nitrogens with zero attached hydrogens (tertiary/aromatic N) is 2. The van der Waals surface area contributed by atoms with Crippen LogP contribution in [0.5, 0.6) is 0 Å². The lowest BCUT2D eigenvalue weighted by Crippen LogP contribution is -2.29. The summed E-state index contributed by atoms with van der Waals surface area (Å²) in [4.78, 5) is 25.4. The van der Waals surface area contributed by atoms with Gasteiger partial charge >= 0.3 is 0 Å². The second-order valence-electron chi connectivity index (χ2n) is 6.18. The summed E-state index contributed by atoms with van der Waals surface area (Å²) in [5, 5.41) is 8.22. The first-order chi connectivity index (χ1) is 11.9. The molecule has 0 saturated carbocycles. The Morgan fingerprint density at radius 1 is 1.16 bits per heavy atom. The van der Waals surface area contributed by atoms with Gasteiger partial charge in [-0.1, -0.05) is 24.3 Å². The molecule has 3 aromatic rings. The molecule has 3 rings (SSSR count). The summed E-state index contributed by atoms with van der Waals surface area (Å²) >= 11 is 3.46. The molecule has 0 aliphatic rings. The van der Waals surface area contributed by atoms with E-state index in [2.05, 4.69) is 26.3 Å². The molecule has 1 heterocycles. The minimum Gasteiger partial charge on any atom is -0.320 e. The van der Waals surface area contributed by atoms with Crippen molar-refractivity contribution >= 4 is 38.3 Å². The standard InChI is InChI=1S/C19H18BrN3O2/c1-11(2)23-19(25)14-7-5-4-6-13(14)17(22-23)18(24)21-16-9-8-12(3)10-15(16)20/h4-11H,1-3H3,(H,21,24). The Morgan fingerprint density at radius 3 is 2.48 bits per heavy atom. The number of hydrogen-bond donors (Lipinski definition) is 1. The van der Waals surface area contributed by atoms with E-state index >= 15 is 0 Å². The molecule has 0 bridgehead atoms. The van der Waals surface area contributed by atoms with Crippen LogP contribution in [0.2, 0.25) is 0 Å². The van der Waals surface area contributed by atoms with Crippen LogP contribution in [-0.4, -0.2) is 15.7 Å². The molecule has 1 amide bonds. The smallest absolute Gasteiger partial charge is 0.276 e. The molecule has 5 nitrogen and oxygen atoms in total. The summed E-state index contributed by atoms with van der Waals surface area (Å²) in [6, 6.07) is 12.6. The molecule has 0 aliphatic heterocycles. The number of fused-ring (bicyclic) bond motifs is 1. The number of rotatable bonds is 3. The Kier molecular flexibility index (Phi) is 4.72. The van der Waals surface area contributed by atoms with E-state index in [1.165, 1.54) is 4.68 Å². The first-order valence-corrected chi connectivity index (χ1v) is 8.77. The summed E-state index contributed by atoms with van der Waals surface area (Å²) < 4.78 is 2.14. The Bertz CT molecular complexity index is 1020. The van der Waals surface area contributed by atoms with Crippen LogP contribution >= 0.6 is 15.9 Å². The van der Waals surface area contributed by atoms with Gasteiger partial charge in [-0.15, -0.1) is 0 Å². The minimum atomic E-state index is -0.352. The maximum Gasteiger partial charge on any atom is 0.276 e. The first kappa shape index (κ1) is 17.4. The zero-order valence-electron chi connectivity index (χ0n) is 14.2. The van der Waals surface area contributed by atoms with Crippen LogP contribution in [-0.2, 0) is 0 Å². The van der Waals surface area contributed by atoms with Crippen molar-refractivity contribution in [3.63, 3.8) is 0 Å². The van der Waals surface area contributed by atoms with E-state index < -0.39 is 0 Å². The Morgan fingerprint density at radius 2 is 1.84 bits per heavy atom. The average molecular weight is 400 g/mol. The number of anilines is 1. The SMILES string of the molecule is Cc1ccc(NC(=O)c2nn(C(C)C)c(=O)c3ccccc23)c(Br)c1. The third kappa shape index (κ3) is 3.35. The first-order valence-electron chi connectivity index (χ1n) is 7.97. The van der Waals surface area contributed by atoms with Gasteiger partial charge in [0.05, 0.1) is 17.1 Å². The normalized spacial score (nSPS) is 11.1. The Balaban J connectivity index is 2.12. The van der Waals surface area contributed by atoms with E-state index in [-0.39, 0.29) is 23.2 Å². The van der Waals surface area contributed by atoms with Crippen molar-refractivity contribution in [2.45, 2.75) is 26.8 Å². The highest BCUT2D eigenvalue weighted by Gasteiger charge is 2.18. The van der Waals surface area contributed by atoms with Gasteiger partial charge in [0, 0.05) is 9.86 Å². The summed E-state index contributed by atoms with van der Waals surface area (Å²) in [7, 11) is 0. The largest absolute Gasteiger partial charge is 0.320 e. The van der Waals surface area contributed by atoms with E-state index in [0.717, 1.165) is 10.0 Å². The second kappa shape index (κ2) is 6.80. The molecule has 128 valence electrons. The summed E-state index contributed by atoms with van der Waals surface area (Å²) in [6.45, 7) is 5.70. The molecule has 0 spiro atoms. The molecule has 0 unspecified atom stereocenters. The molecule has 6 heteroatoms. The number of hydrogen-bond acceptors (Lipinski definition) is 3. The van der Waals surface area contributed by atoms with Gasteiger partial charge < -0.3 is 5.32 Å². The van der Waals surface area contributed by atoms with Gasteiger partial charge in [-0.3, -0.25) is 9.59 Å². The van der Waals surface area contributed by atoms with Gasteiger partial charge in [-0.05, 0) is 60.5 Å². The number of aromatic nitrogens is 2. The van der Waals surface area contributed by atoms with Crippen molar-refractivity contribution in [1.82, 2.24) is 9.78 Å². The van der Waals surface area contributed by atoms with Crippen molar-refractivity contribution in [2.75, 3.05) is 5.32 Å². The van der Waals surface area contributed by atoms with Crippen molar-refractivity contribution in [3.05, 3.63) is 68.5 Å². The van der Waals surface area contributed by atoms with Crippen molar-refractivity contribution in [3.8, 4) is 0 Å². The zero-order valence-corrected chi connectivity index (χ0v) is 15.8. The van der Waals surface area contributed by atoms with Crippen molar-refractivity contribution < 1.29 is 4.79 Å². The predicted octanol–water partition coefficient (Wildman–Crippen LogP) is 4.30. The lowest BCUT2D eigenvalue weighted by Gasteiger charge is -2.14. The van der Waals surface area contributed by atoms with Crippen LogP contribution in [0, 0.1) is 6.92 Å². The quantitative estimate of drug-likeness (QED) is 0.713. The summed E-state index contributed by atoms with van der Waals surface area (Å²) in [5.74, 6) is -0.352. The van der Waals surface area contributed by atoms with Crippen LogP contribution < -0.4 is 10.9 Å². The highest BCUT2D eigenvalue weighted by atomic mass is 79.9. The lowest BCUT2D eigenvalue weighted by atomic mass is 10.1. The van der Waals surface area contributed by atoms with Gasteiger partial charge in [0.1, 0.15) is 0 Å². The van der Waals surface area contributed by atoms with Gasteiger partial charge in [-0.2, -0.15) is 5.10 Å². The van der Waals surface area contributed by atoms with Gasteiger partial charge in [0.25, 0.3) is 11.5 Å². The van der Waals surface area contributed by atoms with Crippen molar-refractivity contribution in [1.29, 1.82) is 0 Å². The average Bonchev–Trinajstić information content (AvgIpc) is 2.57. The van der Waals surface area contributed by atoms with Gasteiger partial charge in [0.15, 0.2) is 5.69 Å². The summed E-state index contributed by atoms with van der Waals surface area (Å²) in [5.41, 5.74) is 1.78. The maximum absolute atomic E-state index is 12.8. The number of nitrogens with one attached hydrogen (secondary N) is 1. The van der Waals surface area contributed by atoms with Crippen LogP contribution in [0.1, 0.15) is 35.9 Å². The Labute approximate surface area is 153 Å². The van der Waals surface area contributed by atoms with E-state index in [1.54, 1.807) is 24.3 Å². The lowest BCUT2D eigenvalue weighted by molar-refractivity contribution is 0.102. The monoisotopic (exact) mass is 399 g/mol. The third-order valence-corrected chi connectivity index (χ3v) is 4.56. The molecule has 25 heavy (non-hydrogen) atoms. The van der Waals surface area contributed by atoms with Crippen LogP contribution in [0.15, 0.2) is 51.7 Å². The molecule has 1 N–H and O–H groups in total. The second-order valence-corrected chi connectivity index (χ2v) is 7.03. The van der Waals surface area contributed by atoms with E-state index in [4.69, 9.17) is 0 Å². The van der Waals surface area contributed by atoms with E-state index in [9.17, 15) is 9.59 Å². The molecule has 0 aliphatic carbocycles. The van der Waals surface area contributed by atoms with Crippen LogP contribution in [0.3, 0.4) is 0 Å². The molecular weight excluding hydrogens is 382 g/mol. The van der Waals surface area contributed by atoms with Crippen LogP contribution in [0.4, 0.5) is 5.69 Å². The number of carbonyl (C=O) groups is 1. The van der Waals surface area contributed by atoms with Gasteiger partial charge in [0.2, 0.25) is 0 Å². The van der Waals surface area contributed by atoms with E-state index in [0.29, 0.717) is 16.5 Å². The molecule has 2 aromatic carbocycles. The zero-order chi connectivity index (χ0) is 18.1. The maximum atomic E-state index is 12.8. The number of carbonyl (C=O) groups excluding carboxylic acids is 1. The summed E-state index contributed by atoms with van der Waals surface area (Å²) in [6.07, 6.45) is 0. The highest BCUT2D eigenvalue weighted by Crippen LogP contribution is 2.24. The predicted molar refractivity (Wildman–Crippen MR) is 103 cm³/mol. The number of aryl methyl sites for hydroxylation is 1. The molecule has 0 atom stereocenters. The fourth-order valence-corrected chi connectivity index (χ4v) is 3.22. The fraction of sp³-hybridized carbons (Fsp3) is 0.211. The molecule has 1 aromatic heterocycles. The van der Waals surface area contributed by atoms with Crippen molar-refractivity contribution in [2.24, 2.45) is 0 Å². The minimum absolute atomic E-state index is 0.144. The number of amides is 1. The molecular formula is C19H18BrN3O2. The van der Waals surface area contributed by atoms with Gasteiger partial charge in [-0.25, -0.2) is 4.68 Å². The van der Waals surface area contributed by atoms with Crippen LogP contribution in [0.25, 0.3) is 10.8 Å². The third-order valence-electron chi connectivity index (χ3n) is 3.91. The number of halogens is 1. The molecule has 0 saturated heterocycles. The highest BCUT2D eigenvalue weighted by molar-refractivity contribution is 9.10. The van der Waals surface area contributed by atoms with E-state index in [1.807, 2.05) is 39.0 Å².